The minimum absolute atomic E-state index is 0.0965. The molecule has 5 heteroatoms. The minimum atomic E-state index is -0.920. The van der Waals surface area contributed by atoms with Crippen molar-refractivity contribution in [2.45, 2.75) is 37.8 Å². The molecule has 4 nitrogen and oxygen atoms in total. The summed E-state index contributed by atoms with van der Waals surface area (Å²) in [6.07, 6.45) is 2.55. The Kier molecular flexibility index (Phi) is 2.97. The number of hydrogen-bond acceptors (Lipinski definition) is 3. The number of carbonyl (C=O) groups excluding carboxylic acids is 1. The van der Waals surface area contributed by atoms with Gasteiger partial charge in [-0.05, 0) is 25.8 Å². The van der Waals surface area contributed by atoms with Crippen molar-refractivity contribution >= 4 is 23.2 Å². The number of carbonyl (C=O) groups is 1. The van der Waals surface area contributed by atoms with Gasteiger partial charge in [-0.2, -0.15) is 0 Å². The molecule has 1 aromatic rings. The number of halogens is 1. The number of nitrogens with zero attached hydrogens (tertiary/aromatic N) is 1. The van der Waals surface area contributed by atoms with E-state index in [-0.39, 0.29) is 5.91 Å². The van der Waals surface area contributed by atoms with Crippen molar-refractivity contribution in [2.24, 2.45) is 5.16 Å². The predicted molar refractivity (Wildman–Crippen MR) is 73.3 cm³/mol. The summed E-state index contributed by atoms with van der Waals surface area (Å²) in [6.45, 7) is 1.76. The van der Waals surface area contributed by atoms with Crippen LogP contribution in [0.25, 0.3) is 0 Å². The van der Waals surface area contributed by atoms with E-state index in [0.717, 1.165) is 24.1 Å². The maximum atomic E-state index is 12.1. The zero-order chi connectivity index (χ0) is 13.5. The third-order valence-corrected chi connectivity index (χ3v) is 3.77. The molecule has 1 amide bonds. The van der Waals surface area contributed by atoms with E-state index in [1.54, 1.807) is 13.0 Å². The zero-order valence-electron chi connectivity index (χ0n) is 10.6. The highest BCUT2D eigenvalue weighted by molar-refractivity contribution is 6.34. The minimum Gasteiger partial charge on any atom is -0.379 e. The quantitative estimate of drug-likeness (QED) is 0.923. The molecule has 1 N–H and O–H groups in total. The molecular formula is C14H15ClN2O2. The summed E-state index contributed by atoms with van der Waals surface area (Å²) < 4.78 is 0. The lowest BCUT2D eigenvalue weighted by molar-refractivity contribution is -0.141. The normalized spacial score (nSPS) is 25.7. The van der Waals surface area contributed by atoms with Crippen molar-refractivity contribution in [1.82, 2.24) is 5.32 Å². The van der Waals surface area contributed by atoms with Crippen LogP contribution in [-0.2, 0) is 9.63 Å². The summed E-state index contributed by atoms with van der Waals surface area (Å²) in [5.74, 6) is -0.0965. The van der Waals surface area contributed by atoms with E-state index < -0.39 is 5.60 Å². The van der Waals surface area contributed by atoms with Crippen molar-refractivity contribution in [3.8, 4) is 0 Å². The van der Waals surface area contributed by atoms with E-state index in [9.17, 15) is 4.79 Å². The van der Waals surface area contributed by atoms with Crippen molar-refractivity contribution in [3.05, 3.63) is 34.9 Å². The van der Waals surface area contributed by atoms with Gasteiger partial charge >= 0.3 is 0 Å². The molecule has 1 aliphatic heterocycles. The molecule has 1 saturated carbocycles. The van der Waals surface area contributed by atoms with Crippen LogP contribution in [0.4, 0.5) is 0 Å². The fraction of sp³-hybridized carbons (Fsp3) is 0.429. The molecule has 2 aliphatic rings. The average molecular weight is 279 g/mol. The summed E-state index contributed by atoms with van der Waals surface area (Å²) in [5, 5.41) is 7.61. The van der Waals surface area contributed by atoms with Gasteiger partial charge in [0.15, 0.2) is 0 Å². The molecule has 0 unspecified atom stereocenters. The molecule has 100 valence electrons. The van der Waals surface area contributed by atoms with E-state index in [4.69, 9.17) is 16.4 Å². The second-order valence-corrected chi connectivity index (χ2v) is 5.67. The number of rotatable bonds is 3. The SMILES string of the molecule is C[C@@]1(C(=O)NC2CC2)CC(c2ccccc2Cl)=NO1. The topological polar surface area (TPSA) is 50.7 Å². The average Bonchev–Trinajstić information content (AvgIpc) is 3.11. The van der Waals surface area contributed by atoms with E-state index in [2.05, 4.69) is 10.5 Å². The van der Waals surface area contributed by atoms with E-state index >= 15 is 0 Å². The van der Waals surface area contributed by atoms with Gasteiger partial charge in [-0.1, -0.05) is 35.0 Å². The van der Waals surface area contributed by atoms with Gasteiger partial charge in [-0.25, -0.2) is 0 Å². The molecule has 1 aliphatic carbocycles. The Bertz CT molecular complexity index is 554. The Morgan fingerprint density at radius 2 is 2.21 bits per heavy atom. The van der Waals surface area contributed by atoms with Crippen molar-refractivity contribution < 1.29 is 9.63 Å². The molecule has 0 saturated heterocycles. The lowest BCUT2D eigenvalue weighted by atomic mass is 9.95. The van der Waals surface area contributed by atoms with Crippen LogP contribution in [0.15, 0.2) is 29.4 Å². The number of oxime groups is 1. The molecule has 1 aromatic carbocycles. The molecular weight excluding hydrogens is 264 g/mol. The first-order valence-electron chi connectivity index (χ1n) is 6.39. The molecule has 1 atom stereocenters. The third kappa shape index (κ3) is 2.45. The first-order chi connectivity index (χ1) is 9.08. The highest BCUT2D eigenvalue weighted by Crippen LogP contribution is 2.30. The Balaban J connectivity index is 1.74. The van der Waals surface area contributed by atoms with Crippen LogP contribution in [0.3, 0.4) is 0 Å². The van der Waals surface area contributed by atoms with Crippen LogP contribution in [0.5, 0.6) is 0 Å². The summed E-state index contributed by atoms with van der Waals surface area (Å²) >= 11 is 6.13. The van der Waals surface area contributed by atoms with Gasteiger partial charge in [0, 0.05) is 23.0 Å². The first-order valence-corrected chi connectivity index (χ1v) is 6.77. The Morgan fingerprint density at radius 3 is 2.89 bits per heavy atom. The Morgan fingerprint density at radius 1 is 1.47 bits per heavy atom. The Labute approximate surface area is 116 Å². The second kappa shape index (κ2) is 4.53. The van der Waals surface area contributed by atoms with Gasteiger partial charge in [-0.3, -0.25) is 4.79 Å². The predicted octanol–water partition coefficient (Wildman–Crippen LogP) is 2.50. The van der Waals surface area contributed by atoms with Gasteiger partial charge < -0.3 is 10.2 Å². The Hall–Kier alpha value is -1.55. The summed E-state index contributed by atoms with van der Waals surface area (Å²) in [4.78, 5) is 17.5. The molecule has 0 bridgehead atoms. The lowest BCUT2D eigenvalue weighted by Crippen LogP contribution is -2.45. The summed E-state index contributed by atoms with van der Waals surface area (Å²) in [5.41, 5.74) is 0.628. The lowest BCUT2D eigenvalue weighted by Gasteiger charge is -2.20. The van der Waals surface area contributed by atoms with Crippen LogP contribution in [0.2, 0.25) is 5.02 Å². The fourth-order valence-electron chi connectivity index (χ4n) is 2.07. The van der Waals surface area contributed by atoms with Gasteiger partial charge in [0.2, 0.25) is 5.60 Å². The molecule has 0 aromatic heterocycles. The molecule has 3 rings (SSSR count). The summed E-state index contributed by atoms with van der Waals surface area (Å²) in [6, 6.07) is 7.76. The van der Waals surface area contributed by atoms with Crippen LogP contribution >= 0.6 is 11.6 Å². The molecule has 0 radical (unpaired) electrons. The van der Waals surface area contributed by atoms with Crippen LogP contribution in [-0.4, -0.2) is 23.3 Å². The maximum absolute atomic E-state index is 12.1. The van der Waals surface area contributed by atoms with Gasteiger partial charge in [-0.15, -0.1) is 0 Å². The number of amides is 1. The fourth-order valence-corrected chi connectivity index (χ4v) is 2.31. The molecule has 0 spiro atoms. The van der Waals surface area contributed by atoms with Crippen LogP contribution in [0, 0.1) is 0 Å². The van der Waals surface area contributed by atoms with Crippen molar-refractivity contribution in [2.75, 3.05) is 0 Å². The van der Waals surface area contributed by atoms with Crippen LogP contribution in [0.1, 0.15) is 31.7 Å². The van der Waals surface area contributed by atoms with Crippen molar-refractivity contribution in [3.63, 3.8) is 0 Å². The standard InChI is InChI=1S/C14H15ClN2O2/c1-14(13(18)16-9-6-7-9)8-12(17-19-14)10-4-2-3-5-11(10)15/h2-5,9H,6-8H2,1H3,(H,16,18)/t14-/m0/s1. The maximum Gasteiger partial charge on any atom is 0.267 e. The van der Waals surface area contributed by atoms with E-state index in [1.165, 1.54) is 0 Å². The highest BCUT2D eigenvalue weighted by Gasteiger charge is 2.44. The summed E-state index contributed by atoms with van der Waals surface area (Å²) in [7, 11) is 0. The van der Waals surface area contributed by atoms with Gasteiger partial charge in [0.25, 0.3) is 5.91 Å². The number of benzene rings is 1. The molecule has 1 heterocycles. The largest absolute Gasteiger partial charge is 0.379 e. The van der Waals surface area contributed by atoms with Crippen molar-refractivity contribution in [1.29, 1.82) is 0 Å². The van der Waals surface area contributed by atoms with E-state index in [1.807, 2.05) is 18.2 Å². The molecule has 1 fully saturated rings. The van der Waals surface area contributed by atoms with E-state index in [0.29, 0.717) is 17.5 Å². The van der Waals surface area contributed by atoms with Crippen LogP contribution < -0.4 is 5.32 Å². The van der Waals surface area contributed by atoms with Gasteiger partial charge in [0.1, 0.15) is 0 Å². The molecule has 19 heavy (non-hydrogen) atoms. The smallest absolute Gasteiger partial charge is 0.267 e. The first kappa shape index (κ1) is 12.5. The number of hydrogen-bond donors (Lipinski definition) is 1. The highest BCUT2D eigenvalue weighted by atomic mass is 35.5. The second-order valence-electron chi connectivity index (χ2n) is 5.26. The monoisotopic (exact) mass is 278 g/mol. The zero-order valence-corrected chi connectivity index (χ0v) is 11.4. The third-order valence-electron chi connectivity index (χ3n) is 3.44. The van der Waals surface area contributed by atoms with Gasteiger partial charge in [0.05, 0.1) is 5.71 Å². The number of nitrogens with one attached hydrogen (secondary N) is 1.